The van der Waals surface area contributed by atoms with Crippen molar-refractivity contribution in [1.82, 2.24) is 9.80 Å². The van der Waals surface area contributed by atoms with Crippen LogP contribution in [0.1, 0.15) is 51.9 Å². The smallest absolute Gasteiger partial charge is 0.231 e. The van der Waals surface area contributed by atoms with Crippen LogP contribution in [0.5, 0.6) is 0 Å². The maximum absolute atomic E-state index is 12.5. The Morgan fingerprint density at radius 2 is 1.57 bits per heavy atom. The number of hydrogen-bond donors (Lipinski definition) is 0. The van der Waals surface area contributed by atoms with Gasteiger partial charge in [-0.1, -0.05) is 25.7 Å². The fraction of sp³-hybridized carbons (Fsp3) is 0.882. The summed E-state index contributed by atoms with van der Waals surface area (Å²) in [6.45, 7) is 4.27. The molecule has 130 valence electrons. The second-order valence-corrected chi connectivity index (χ2v) is 9.06. The molecule has 1 atom stereocenters. The molecule has 0 radical (unpaired) electrons. The number of piperazine rings is 1. The standard InChI is InChI=1S/C17H26Cl2N2O2/c1-16(12-17(16,18)19)15(23)21-10-8-20(9-11-21)14(22)7-6-13-4-2-3-5-13/h13H,2-12H2,1H3. The molecule has 1 saturated heterocycles. The van der Waals surface area contributed by atoms with Gasteiger partial charge in [0.15, 0.2) is 0 Å². The lowest BCUT2D eigenvalue weighted by Crippen LogP contribution is -2.52. The molecule has 0 N–H and O–H groups in total. The first-order valence-electron chi connectivity index (χ1n) is 8.78. The number of rotatable bonds is 4. The Bertz CT molecular complexity index is 483. The molecule has 4 nitrogen and oxygen atoms in total. The van der Waals surface area contributed by atoms with Crippen molar-refractivity contribution in [2.75, 3.05) is 26.2 Å². The molecule has 2 amide bonds. The van der Waals surface area contributed by atoms with Crippen LogP contribution in [0.25, 0.3) is 0 Å². The third-order valence-electron chi connectivity index (χ3n) is 5.89. The molecular weight excluding hydrogens is 335 g/mol. The predicted molar refractivity (Wildman–Crippen MR) is 91.5 cm³/mol. The molecule has 2 saturated carbocycles. The molecule has 1 aliphatic heterocycles. The Kier molecular flexibility index (Phi) is 4.85. The summed E-state index contributed by atoms with van der Waals surface area (Å²) >= 11 is 12.2. The van der Waals surface area contributed by atoms with Gasteiger partial charge in [0.05, 0.1) is 5.41 Å². The average Bonchev–Trinajstić information content (AvgIpc) is 2.91. The van der Waals surface area contributed by atoms with E-state index in [4.69, 9.17) is 23.2 Å². The van der Waals surface area contributed by atoms with E-state index in [1.807, 2.05) is 16.7 Å². The van der Waals surface area contributed by atoms with Crippen LogP contribution >= 0.6 is 23.2 Å². The fourth-order valence-corrected chi connectivity index (χ4v) is 4.62. The van der Waals surface area contributed by atoms with Gasteiger partial charge < -0.3 is 9.80 Å². The van der Waals surface area contributed by atoms with E-state index in [9.17, 15) is 9.59 Å². The van der Waals surface area contributed by atoms with Crippen LogP contribution in [0.4, 0.5) is 0 Å². The minimum atomic E-state index is -0.918. The Labute approximate surface area is 148 Å². The Balaban J connectivity index is 1.43. The minimum absolute atomic E-state index is 0.0283. The molecule has 0 bridgehead atoms. The number of halogens is 2. The SMILES string of the molecule is CC1(C(=O)N2CCN(C(=O)CCC3CCCC3)CC2)CC1(Cl)Cl. The van der Waals surface area contributed by atoms with Crippen LogP contribution in [0, 0.1) is 11.3 Å². The summed E-state index contributed by atoms with van der Waals surface area (Å²) in [6.07, 6.45) is 7.41. The quantitative estimate of drug-likeness (QED) is 0.722. The zero-order chi connectivity index (χ0) is 16.7. The molecule has 0 aromatic heterocycles. The molecule has 1 unspecified atom stereocenters. The fourth-order valence-electron chi connectivity index (χ4n) is 3.92. The molecular formula is C17H26Cl2N2O2. The van der Waals surface area contributed by atoms with Gasteiger partial charge in [-0.2, -0.15) is 0 Å². The van der Waals surface area contributed by atoms with Gasteiger partial charge in [0.1, 0.15) is 4.33 Å². The summed E-state index contributed by atoms with van der Waals surface area (Å²) < 4.78 is -0.918. The zero-order valence-corrected chi connectivity index (χ0v) is 15.3. The molecule has 3 fully saturated rings. The molecule has 1 heterocycles. The van der Waals surface area contributed by atoms with Crippen LogP contribution < -0.4 is 0 Å². The summed E-state index contributed by atoms with van der Waals surface area (Å²) in [4.78, 5) is 28.6. The summed E-state index contributed by atoms with van der Waals surface area (Å²) in [5, 5.41) is 0. The zero-order valence-electron chi connectivity index (χ0n) is 13.8. The van der Waals surface area contributed by atoms with E-state index in [0.717, 1.165) is 12.3 Å². The molecule has 3 rings (SSSR count). The maximum atomic E-state index is 12.5. The Morgan fingerprint density at radius 1 is 1.04 bits per heavy atom. The summed E-state index contributed by atoms with van der Waals surface area (Å²) in [5.74, 6) is 1.02. The third kappa shape index (κ3) is 3.48. The van der Waals surface area contributed by atoms with Gasteiger partial charge in [-0.05, 0) is 25.7 Å². The second kappa shape index (κ2) is 6.44. The van der Waals surface area contributed by atoms with Crippen LogP contribution in [-0.2, 0) is 9.59 Å². The molecule has 0 aromatic carbocycles. The lowest BCUT2D eigenvalue weighted by atomic mass is 10.0. The molecule has 0 spiro atoms. The van der Waals surface area contributed by atoms with Gasteiger partial charge in [0.25, 0.3) is 0 Å². The Morgan fingerprint density at radius 3 is 2.09 bits per heavy atom. The van der Waals surface area contributed by atoms with Crippen molar-refractivity contribution in [3.05, 3.63) is 0 Å². The summed E-state index contributed by atoms with van der Waals surface area (Å²) in [6, 6.07) is 0. The first kappa shape index (κ1) is 17.3. The highest BCUT2D eigenvalue weighted by Crippen LogP contribution is 2.64. The number of carbonyl (C=O) groups excluding carboxylic acids is 2. The number of alkyl halides is 2. The topological polar surface area (TPSA) is 40.6 Å². The lowest BCUT2D eigenvalue weighted by molar-refractivity contribution is -0.142. The van der Waals surface area contributed by atoms with Crippen molar-refractivity contribution >= 4 is 35.0 Å². The number of hydrogen-bond acceptors (Lipinski definition) is 2. The molecule has 6 heteroatoms. The van der Waals surface area contributed by atoms with Gasteiger partial charge in [0.2, 0.25) is 11.8 Å². The van der Waals surface area contributed by atoms with Gasteiger partial charge in [-0.25, -0.2) is 0 Å². The monoisotopic (exact) mass is 360 g/mol. The van der Waals surface area contributed by atoms with Crippen LogP contribution in [-0.4, -0.2) is 52.1 Å². The van der Waals surface area contributed by atoms with Gasteiger partial charge in [-0.3, -0.25) is 9.59 Å². The van der Waals surface area contributed by atoms with Gasteiger partial charge >= 0.3 is 0 Å². The minimum Gasteiger partial charge on any atom is -0.339 e. The third-order valence-corrected chi connectivity index (χ3v) is 6.99. The van der Waals surface area contributed by atoms with E-state index in [1.165, 1.54) is 25.7 Å². The van der Waals surface area contributed by atoms with Crippen LogP contribution in [0.15, 0.2) is 0 Å². The largest absolute Gasteiger partial charge is 0.339 e. The van der Waals surface area contributed by atoms with Gasteiger partial charge in [0, 0.05) is 32.6 Å². The molecule has 23 heavy (non-hydrogen) atoms. The van der Waals surface area contributed by atoms with Crippen molar-refractivity contribution < 1.29 is 9.59 Å². The number of carbonyl (C=O) groups is 2. The van der Waals surface area contributed by atoms with Crippen molar-refractivity contribution in [2.45, 2.75) is 56.2 Å². The van der Waals surface area contributed by atoms with E-state index in [1.54, 1.807) is 0 Å². The maximum Gasteiger partial charge on any atom is 0.231 e. The predicted octanol–water partition coefficient (Wildman–Crippen LogP) is 3.21. The van der Waals surface area contributed by atoms with Crippen LogP contribution in [0.2, 0.25) is 0 Å². The van der Waals surface area contributed by atoms with Crippen molar-refractivity contribution in [3.8, 4) is 0 Å². The van der Waals surface area contributed by atoms with E-state index < -0.39 is 9.75 Å². The average molecular weight is 361 g/mol. The second-order valence-electron chi connectivity index (χ2n) is 7.58. The highest BCUT2D eigenvalue weighted by atomic mass is 35.5. The van der Waals surface area contributed by atoms with E-state index in [0.29, 0.717) is 39.0 Å². The van der Waals surface area contributed by atoms with Gasteiger partial charge in [-0.15, -0.1) is 23.2 Å². The van der Waals surface area contributed by atoms with E-state index in [2.05, 4.69) is 0 Å². The summed E-state index contributed by atoms with van der Waals surface area (Å²) in [7, 11) is 0. The highest BCUT2D eigenvalue weighted by molar-refractivity contribution is 6.53. The normalized spacial score (nSPS) is 30.6. The van der Waals surface area contributed by atoms with Crippen molar-refractivity contribution in [2.24, 2.45) is 11.3 Å². The number of nitrogens with zero attached hydrogens (tertiary/aromatic N) is 2. The van der Waals surface area contributed by atoms with E-state index >= 15 is 0 Å². The Hall–Kier alpha value is -0.480. The van der Waals surface area contributed by atoms with Crippen LogP contribution in [0.3, 0.4) is 0 Å². The first-order valence-corrected chi connectivity index (χ1v) is 9.54. The molecule has 2 aliphatic carbocycles. The van der Waals surface area contributed by atoms with Crippen molar-refractivity contribution in [3.63, 3.8) is 0 Å². The first-order chi connectivity index (χ1) is 10.8. The van der Waals surface area contributed by atoms with Crippen molar-refractivity contribution in [1.29, 1.82) is 0 Å². The molecule has 0 aromatic rings. The highest BCUT2D eigenvalue weighted by Gasteiger charge is 2.68. The van der Waals surface area contributed by atoms with E-state index in [-0.39, 0.29) is 11.8 Å². The lowest BCUT2D eigenvalue weighted by Gasteiger charge is -2.36. The molecule has 3 aliphatic rings. The number of amides is 2. The summed E-state index contributed by atoms with van der Waals surface area (Å²) in [5.41, 5.74) is -0.648.